The maximum Gasteiger partial charge on any atom is 0.142 e. The molecule has 1 rings (SSSR count). The molecule has 0 saturated carbocycles. The van der Waals surface area contributed by atoms with Crippen molar-refractivity contribution in [2.24, 2.45) is 0 Å². The minimum atomic E-state index is -0.382. The summed E-state index contributed by atoms with van der Waals surface area (Å²) in [4.78, 5) is 0. The van der Waals surface area contributed by atoms with E-state index in [9.17, 15) is 4.39 Å². The van der Waals surface area contributed by atoms with Gasteiger partial charge in [0, 0.05) is 4.47 Å². The summed E-state index contributed by atoms with van der Waals surface area (Å²) in [5, 5.41) is 0.182. The highest BCUT2D eigenvalue weighted by molar-refractivity contribution is 9.10. The van der Waals surface area contributed by atoms with Gasteiger partial charge >= 0.3 is 0 Å². The highest BCUT2D eigenvalue weighted by atomic mass is 79.9. The van der Waals surface area contributed by atoms with Crippen molar-refractivity contribution in [3.63, 3.8) is 0 Å². The lowest BCUT2D eigenvalue weighted by atomic mass is 10.0. The Morgan fingerprint density at radius 3 is 2.50 bits per heavy atom. The first-order chi connectivity index (χ1) is 5.52. The summed E-state index contributed by atoms with van der Waals surface area (Å²) in [6.07, 6.45) is 0. The number of rotatable bonds is 1. The van der Waals surface area contributed by atoms with Gasteiger partial charge in [-0.2, -0.15) is 0 Å². The molecule has 0 fully saturated rings. The van der Waals surface area contributed by atoms with Crippen molar-refractivity contribution < 1.29 is 4.39 Å². The first-order valence-corrected chi connectivity index (χ1v) is 4.84. The number of halogens is 3. The molecular formula is C9H9BrClF. The second-order valence-corrected chi connectivity index (χ2v) is 4.20. The third-order valence-corrected chi connectivity index (χ3v) is 2.64. The minimum absolute atomic E-state index is 0.182. The smallest absolute Gasteiger partial charge is 0.142 e. The molecule has 12 heavy (non-hydrogen) atoms. The molecule has 0 amide bonds. The zero-order chi connectivity index (χ0) is 9.30. The van der Waals surface area contributed by atoms with E-state index in [0.29, 0.717) is 5.92 Å². The van der Waals surface area contributed by atoms with Gasteiger partial charge in [0.05, 0.1) is 5.02 Å². The van der Waals surface area contributed by atoms with E-state index in [1.807, 2.05) is 13.8 Å². The van der Waals surface area contributed by atoms with Crippen LogP contribution in [0, 0.1) is 5.82 Å². The van der Waals surface area contributed by atoms with E-state index in [1.165, 1.54) is 6.07 Å². The van der Waals surface area contributed by atoms with Crippen molar-refractivity contribution >= 4 is 27.5 Å². The maximum absolute atomic E-state index is 12.9. The van der Waals surface area contributed by atoms with Crippen molar-refractivity contribution in [2.75, 3.05) is 0 Å². The summed E-state index contributed by atoms with van der Waals surface area (Å²) in [7, 11) is 0. The normalized spacial score (nSPS) is 10.8. The molecule has 0 nitrogen and oxygen atoms in total. The van der Waals surface area contributed by atoms with E-state index in [-0.39, 0.29) is 10.8 Å². The van der Waals surface area contributed by atoms with Crippen LogP contribution in [0.25, 0.3) is 0 Å². The van der Waals surface area contributed by atoms with Gasteiger partial charge in [-0.05, 0) is 23.6 Å². The standard InChI is InChI=1S/C9H9BrClF/c1-5(2)6-3-8(11)9(12)4-7(6)10/h3-5H,1-2H3. The summed E-state index contributed by atoms with van der Waals surface area (Å²) < 4.78 is 13.6. The van der Waals surface area contributed by atoms with E-state index in [1.54, 1.807) is 6.07 Å². The van der Waals surface area contributed by atoms with Gasteiger partial charge in [0.1, 0.15) is 5.82 Å². The van der Waals surface area contributed by atoms with Crippen molar-refractivity contribution in [3.05, 3.63) is 33.0 Å². The lowest BCUT2D eigenvalue weighted by molar-refractivity contribution is 0.625. The predicted molar refractivity (Wildman–Crippen MR) is 53.2 cm³/mol. The van der Waals surface area contributed by atoms with E-state index >= 15 is 0 Å². The number of benzene rings is 1. The highest BCUT2D eigenvalue weighted by Gasteiger charge is 2.08. The second kappa shape index (κ2) is 3.75. The van der Waals surface area contributed by atoms with Crippen LogP contribution in [0.3, 0.4) is 0 Å². The molecule has 66 valence electrons. The molecule has 0 N–H and O–H groups in total. The van der Waals surface area contributed by atoms with Crippen molar-refractivity contribution in [1.29, 1.82) is 0 Å². The van der Waals surface area contributed by atoms with Crippen molar-refractivity contribution in [2.45, 2.75) is 19.8 Å². The second-order valence-electron chi connectivity index (χ2n) is 2.94. The fraction of sp³-hybridized carbons (Fsp3) is 0.333. The Morgan fingerprint density at radius 1 is 1.42 bits per heavy atom. The Labute approximate surface area is 84.9 Å². The van der Waals surface area contributed by atoms with Gasteiger partial charge in [0.15, 0.2) is 0 Å². The topological polar surface area (TPSA) is 0 Å². The molecule has 0 aromatic heterocycles. The molecule has 0 heterocycles. The van der Waals surface area contributed by atoms with Gasteiger partial charge in [0.25, 0.3) is 0 Å². The van der Waals surface area contributed by atoms with Crippen LogP contribution in [0.5, 0.6) is 0 Å². The van der Waals surface area contributed by atoms with Gasteiger partial charge in [0.2, 0.25) is 0 Å². The summed E-state index contributed by atoms with van der Waals surface area (Å²) in [6, 6.07) is 3.06. The zero-order valence-electron chi connectivity index (χ0n) is 6.87. The van der Waals surface area contributed by atoms with E-state index in [4.69, 9.17) is 11.6 Å². The molecule has 0 atom stereocenters. The van der Waals surface area contributed by atoms with Gasteiger partial charge in [-0.25, -0.2) is 4.39 Å². The van der Waals surface area contributed by atoms with E-state index in [0.717, 1.165) is 10.0 Å². The summed E-state index contributed by atoms with van der Waals surface area (Å²) in [6.45, 7) is 4.07. The Kier molecular flexibility index (Phi) is 3.13. The average molecular weight is 252 g/mol. The largest absolute Gasteiger partial charge is 0.205 e. The maximum atomic E-state index is 12.9. The SMILES string of the molecule is CC(C)c1cc(Cl)c(F)cc1Br. The van der Waals surface area contributed by atoms with Crippen LogP contribution in [0.4, 0.5) is 4.39 Å². The van der Waals surface area contributed by atoms with Crippen LogP contribution in [0.1, 0.15) is 25.3 Å². The highest BCUT2D eigenvalue weighted by Crippen LogP contribution is 2.29. The Bertz CT molecular complexity index is 297. The molecule has 0 unspecified atom stereocenters. The fourth-order valence-corrected chi connectivity index (χ4v) is 1.93. The Balaban J connectivity index is 3.23. The fourth-order valence-electron chi connectivity index (χ4n) is 0.980. The van der Waals surface area contributed by atoms with Crippen LogP contribution >= 0.6 is 27.5 Å². The monoisotopic (exact) mass is 250 g/mol. The molecule has 3 heteroatoms. The van der Waals surface area contributed by atoms with Gasteiger partial charge in [-0.15, -0.1) is 0 Å². The lowest BCUT2D eigenvalue weighted by Gasteiger charge is -2.08. The third-order valence-electron chi connectivity index (χ3n) is 1.66. The van der Waals surface area contributed by atoms with Gasteiger partial charge in [-0.3, -0.25) is 0 Å². The van der Waals surface area contributed by atoms with E-state index in [2.05, 4.69) is 15.9 Å². The molecule has 0 aliphatic carbocycles. The molecule has 0 saturated heterocycles. The number of hydrogen-bond donors (Lipinski definition) is 0. The predicted octanol–water partition coefficient (Wildman–Crippen LogP) is 4.37. The van der Waals surface area contributed by atoms with Crippen LogP contribution < -0.4 is 0 Å². The van der Waals surface area contributed by atoms with Gasteiger partial charge in [-0.1, -0.05) is 41.4 Å². The first-order valence-electron chi connectivity index (χ1n) is 3.67. The van der Waals surface area contributed by atoms with Crippen molar-refractivity contribution in [3.8, 4) is 0 Å². The van der Waals surface area contributed by atoms with E-state index < -0.39 is 0 Å². The average Bonchev–Trinajstić information content (AvgIpc) is 1.96. The lowest BCUT2D eigenvalue weighted by Crippen LogP contribution is -1.90. The van der Waals surface area contributed by atoms with Crippen LogP contribution in [-0.4, -0.2) is 0 Å². The molecule has 0 aliphatic heterocycles. The minimum Gasteiger partial charge on any atom is -0.205 e. The van der Waals surface area contributed by atoms with Crippen LogP contribution in [-0.2, 0) is 0 Å². The van der Waals surface area contributed by atoms with Crippen molar-refractivity contribution in [1.82, 2.24) is 0 Å². The van der Waals surface area contributed by atoms with Crippen LogP contribution in [0.2, 0.25) is 5.02 Å². The third kappa shape index (κ3) is 1.99. The van der Waals surface area contributed by atoms with Gasteiger partial charge < -0.3 is 0 Å². The molecule has 1 aromatic carbocycles. The summed E-state index contributed by atoms with van der Waals surface area (Å²) in [5.41, 5.74) is 1.03. The first kappa shape index (κ1) is 10.0. The van der Waals surface area contributed by atoms with Crippen LogP contribution in [0.15, 0.2) is 16.6 Å². The molecule has 0 spiro atoms. The molecule has 0 aliphatic rings. The summed E-state index contributed by atoms with van der Waals surface area (Å²) >= 11 is 8.92. The zero-order valence-corrected chi connectivity index (χ0v) is 9.21. The quantitative estimate of drug-likeness (QED) is 0.650. The summed E-state index contributed by atoms with van der Waals surface area (Å²) in [5.74, 6) is -0.0367. The Hall–Kier alpha value is -0.0800. The Morgan fingerprint density at radius 2 is 2.00 bits per heavy atom. The number of hydrogen-bond acceptors (Lipinski definition) is 0. The molecular weight excluding hydrogens is 242 g/mol. The molecule has 1 aromatic rings. The molecule has 0 bridgehead atoms. The molecule has 0 radical (unpaired) electrons.